The van der Waals surface area contributed by atoms with Crippen LogP contribution in [-0.2, 0) is 0 Å². The molecule has 3 heteroatoms. The van der Waals surface area contributed by atoms with Crippen molar-refractivity contribution in [3.8, 4) is 0 Å². The highest BCUT2D eigenvalue weighted by Crippen LogP contribution is 2.21. The topological polar surface area (TPSA) is 24.7 Å². The molecule has 0 saturated heterocycles. The lowest BCUT2D eigenvalue weighted by molar-refractivity contribution is 1.03. The van der Waals surface area contributed by atoms with E-state index in [0.29, 0.717) is 0 Å². The quantitative estimate of drug-likeness (QED) is 0.426. The van der Waals surface area contributed by atoms with Gasteiger partial charge < -0.3 is 0 Å². The Kier molecular flexibility index (Phi) is 1.10. The SMILES string of the molecule is C[C]1CSN=N1. The monoisotopic (exact) mass is 101 g/mol. The lowest BCUT2D eigenvalue weighted by atomic mass is 10.4. The average molecular weight is 101 g/mol. The molecule has 2 nitrogen and oxygen atoms in total. The molecule has 0 bridgehead atoms. The summed E-state index contributed by atoms with van der Waals surface area (Å²) in [4.78, 5) is 0. The minimum absolute atomic E-state index is 0.986. The first kappa shape index (κ1) is 4.12. The van der Waals surface area contributed by atoms with Gasteiger partial charge in [0, 0.05) is 5.75 Å². The summed E-state index contributed by atoms with van der Waals surface area (Å²) < 4.78 is 3.67. The molecule has 1 heterocycles. The lowest BCUT2D eigenvalue weighted by Crippen LogP contribution is -1.79. The molecule has 0 aromatic rings. The third kappa shape index (κ3) is 0.712. The Morgan fingerprint density at radius 3 is 2.83 bits per heavy atom. The van der Waals surface area contributed by atoms with Crippen molar-refractivity contribution in [3.63, 3.8) is 0 Å². The van der Waals surface area contributed by atoms with E-state index in [1.165, 1.54) is 11.9 Å². The predicted octanol–water partition coefficient (Wildman–Crippen LogP) is 1.65. The Morgan fingerprint density at radius 1 is 1.83 bits per heavy atom. The summed E-state index contributed by atoms with van der Waals surface area (Å²) in [5, 5.41) is 3.74. The fourth-order valence-electron chi connectivity index (χ4n) is 0.250. The van der Waals surface area contributed by atoms with E-state index in [1.54, 1.807) is 0 Å². The van der Waals surface area contributed by atoms with Crippen LogP contribution in [0.25, 0.3) is 0 Å². The van der Waals surface area contributed by atoms with Gasteiger partial charge in [0.1, 0.15) is 6.04 Å². The van der Waals surface area contributed by atoms with E-state index in [1.807, 2.05) is 6.92 Å². The summed E-state index contributed by atoms with van der Waals surface area (Å²) in [6.07, 6.45) is 0. The number of nitrogens with zero attached hydrogens (tertiary/aromatic N) is 2. The standard InChI is InChI=1S/C3H5N2S/c1-3-2-6-5-4-3/h2H2,1H3. The van der Waals surface area contributed by atoms with E-state index in [2.05, 4.69) is 9.63 Å². The molecule has 33 valence electrons. The normalized spacial score (nSPS) is 22.8. The van der Waals surface area contributed by atoms with Crippen molar-refractivity contribution in [2.75, 3.05) is 5.75 Å². The van der Waals surface area contributed by atoms with Crippen molar-refractivity contribution in [2.45, 2.75) is 6.92 Å². The van der Waals surface area contributed by atoms with Crippen LogP contribution in [0.3, 0.4) is 0 Å². The van der Waals surface area contributed by atoms with Crippen LogP contribution in [0.5, 0.6) is 0 Å². The maximum absolute atomic E-state index is 3.74. The zero-order valence-electron chi connectivity index (χ0n) is 3.51. The Balaban J connectivity index is 2.38. The molecule has 0 aliphatic carbocycles. The third-order valence-corrected chi connectivity index (χ3v) is 1.29. The van der Waals surface area contributed by atoms with Gasteiger partial charge in [-0.1, -0.05) is 0 Å². The second-order valence-electron chi connectivity index (χ2n) is 1.19. The van der Waals surface area contributed by atoms with E-state index in [4.69, 9.17) is 0 Å². The average Bonchev–Trinajstić information content (AvgIpc) is 1.86. The Labute approximate surface area is 41.2 Å². The molecular formula is C3H5N2S. The molecular weight excluding hydrogens is 96.1 g/mol. The van der Waals surface area contributed by atoms with Crippen LogP contribution in [0.2, 0.25) is 0 Å². The van der Waals surface area contributed by atoms with Crippen LogP contribution in [0.1, 0.15) is 6.92 Å². The predicted molar refractivity (Wildman–Crippen MR) is 26.2 cm³/mol. The van der Waals surface area contributed by atoms with Gasteiger partial charge >= 0.3 is 0 Å². The van der Waals surface area contributed by atoms with Crippen LogP contribution in [0.15, 0.2) is 9.63 Å². The Hall–Kier alpha value is -0.0500. The molecule has 0 aromatic carbocycles. The first-order chi connectivity index (χ1) is 2.89. The minimum atomic E-state index is 0.986. The number of rotatable bonds is 0. The van der Waals surface area contributed by atoms with Crippen molar-refractivity contribution in [3.05, 3.63) is 6.04 Å². The van der Waals surface area contributed by atoms with E-state index in [-0.39, 0.29) is 0 Å². The molecule has 0 fully saturated rings. The van der Waals surface area contributed by atoms with Crippen LogP contribution in [0.4, 0.5) is 0 Å². The van der Waals surface area contributed by atoms with Gasteiger partial charge in [-0.2, -0.15) is 5.11 Å². The zero-order valence-corrected chi connectivity index (χ0v) is 4.33. The summed E-state index contributed by atoms with van der Waals surface area (Å²) in [5.74, 6) is 0.986. The molecule has 6 heavy (non-hydrogen) atoms. The van der Waals surface area contributed by atoms with Crippen LogP contribution >= 0.6 is 11.9 Å². The van der Waals surface area contributed by atoms with Gasteiger partial charge in [0.2, 0.25) is 0 Å². The molecule has 0 aromatic heterocycles. The summed E-state index contributed by atoms with van der Waals surface area (Å²) in [5.41, 5.74) is 0. The highest BCUT2D eigenvalue weighted by molar-refractivity contribution is 7.98. The highest BCUT2D eigenvalue weighted by atomic mass is 32.2. The molecule has 1 aliphatic rings. The van der Waals surface area contributed by atoms with E-state index >= 15 is 0 Å². The van der Waals surface area contributed by atoms with E-state index < -0.39 is 0 Å². The van der Waals surface area contributed by atoms with Crippen LogP contribution in [0, 0.1) is 6.04 Å². The Bertz CT molecular complexity index is 71.2. The number of hydrogen-bond acceptors (Lipinski definition) is 3. The second kappa shape index (κ2) is 1.60. The van der Waals surface area contributed by atoms with Crippen molar-refractivity contribution in [2.24, 2.45) is 9.63 Å². The van der Waals surface area contributed by atoms with Crippen LogP contribution in [-0.4, -0.2) is 5.75 Å². The molecule has 0 atom stereocenters. The summed E-state index contributed by atoms with van der Waals surface area (Å²) in [6, 6.07) is 1.13. The molecule has 0 unspecified atom stereocenters. The largest absolute Gasteiger partial charge is 0.172 e. The molecule has 1 radical (unpaired) electrons. The minimum Gasteiger partial charge on any atom is -0.172 e. The molecule has 0 saturated carbocycles. The van der Waals surface area contributed by atoms with Gasteiger partial charge in [0.15, 0.2) is 0 Å². The van der Waals surface area contributed by atoms with Crippen molar-refractivity contribution in [1.29, 1.82) is 0 Å². The zero-order chi connectivity index (χ0) is 4.41. The maximum Gasteiger partial charge on any atom is 0.118 e. The Morgan fingerprint density at radius 2 is 2.67 bits per heavy atom. The molecule has 0 amide bonds. The van der Waals surface area contributed by atoms with Gasteiger partial charge in [0.25, 0.3) is 0 Å². The lowest BCUT2D eigenvalue weighted by Gasteiger charge is -1.81. The number of hydrogen-bond donors (Lipinski definition) is 0. The maximum atomic E-state index is 3.74. The summed E-state index contributed by atoms with van der Waals surface area (Å²) >= 11 is 1.50. The highest BCUT2D eigenvalue weighted by Gasteiger charge is 2.04. The van der Waals surface area contributed by atoms with Gasteiger partial charge in [-0.05, 0) is 18.9 Å². The van der Waals surface area contributed by atoms with Crippen molar-refractivity contribution < 1.29 is 0 Å². The fourth-order valence-corrected chi connectivity index (χ4v) is 0.749. The fraction of sp³-hybridized carbons (Fsp3) is 0.667. The molecule has 1 aliphatic heterocycles. The third-order valence-electron chi connectivity index (χ3n) is 0.543. The van der Waals surface area contributed by atoms with E-state index in [0.717, 1.165) is 11.8 Å². The van der Waals surface area contributed by atoms with Crippen molar-refractivity contribution >= 4 is 11.9 Å². The first-order valence-electron chi connectivity index (χ1n) is 1.75. The molecule has 1 rings (SSSR count). The molecule has 0 spiro atoms. The smallest absolute Gasteiger partial charge is 0.118 e. The van der Waals surface area contributed by atoms with E-state index in [9.17, 15) is 0 Å². The van der Waals surface area contributed by atoms with Gasteiger partial charge in [-0.15, -0.1) is 4.52 Å². The summed E-state index contributed by atoms with van der Waals surface area (Å²) in [7, 11) is 0. The van der Waals surface area contributed by atoms with Gasteiger partial charge in [0.05, 0.1) is 0 Å². The van der Waals surface area contributed by atoms with Crippen molar-refractivity contribution in [1.82, 2.24) is 0 Å². The molecule has 0 N–H and O–H groups in total. The second-order valence-corrected chi connectivity index (χ2v) is 1.90. The van der Waals surface area contributed by atoms with Gasteiger partial charge in [-0.25, -0.2) is 0 Å². The summed E-state index contributed by atoms with van der Waals surface area (Å²) in [6.45, 7) is 1.98. The van der Waals surface area contributed by atoms with Gasteiger partial charge in [-0.3, -0.25) is 0 Å². The first-order valence-corrected chi connectivity index (χ1v) is 2.69. The van der Waals surface area contributed by atoms with Crippen LogP contribution < -0.4 is 0 Å².